The lowest BCUT2D eigenvalue weighted by Gasteiger charge is -2.35. The van der Waals surface area contributed by atoms with E-state index in [-0.39, 0.29) is 24.0 Å². The summed E-state index contributed by atoms with van der Waals surface area (Å²) < 4.78 is 12.7. The average Bonchev–Trinajstić information content (AvgIpc) is 2.69. The van der Waals surface area contributed by atoms with Gasteiger partial charge in [-0.3, -0.25) is 9.69 Å². The third kappa shape index (κ3) is 5.31. The van der Waals surface area contributed by atoms with Crippen LogP contribution in [-0.4, -0.2) is 55.1 Å². The van der Waals surface area contributed by atoms with Gasteiger partial charge in [0.1, 0.15) is 23.0 Å². The van der Waals surface area contributed by atoms with E-state index in [2.05, 4.69) is 20.1 Å². The summed E-state index contributed by atoms with van der Waals surface area (Å²) in [6, 6.07) is 5.45. The monoisotopic (exact) mass is 366 g/mol. The van der Waals surface area contributed by atoms with Crippen molar-refractivity contribution in [1.29, 1.82) is 0 Å². The molecule has 1 aliphatic carbocycles. The number of hydrogen-bond acceptors (Lipinski definition) is 5. The van der Waals surface area contributed by atoms with Crippen LogP contribution in [0.2, 0.25) is 0 Å². The van der Waals surface area contributed by atoms with Crippen molar-refractivity contribution >= 4 is 23.9 Å². The van der Waals surface area contributed by atoms with Crippen LogP contribution >= 0.6 is 12.1 Å². The Morgan fingerprint density at radius 2 is 1.96 bits per heavy atom. The standard InChI is InChI=1S/C18H27FN4OS/c19-25-17-8-4-7-16(21-17)23-13-11-22(12-14-23)10-9-20-18(24)15-5-2-1-3-6-15/h4,7-8,15H,1-3,5-6,9-14H2,(H,20,24). The van der Waals surface area contributed by atoms with Crippen molar-refractivity contribution in [3.8, 4) is 0 Å². The molecule has 0 aromatic carbocycles. The first-order valence-electron chi connectivity index (χ1n) is 9.27. The molecule has 1 amide bonds. The molecule has 0 spiro atoms. The van der Waals surface area contributed by atoms with Crippen LogP contribution in [0.3, 0.4) is 0 Å². The molecule has 2 aliphatic rings. The van der Waals surface area contributed by atoms with Crippen LogP contribution in [-0.2, 0) is 4.79 Å². The van der Waals surface area contributed by atoms with Crippen LogP contribution < -0.4 is 10.2 Å². The molecular formula is C18H27FN4OS. The third-order valence-electron chi connectivity index (χ3n) is 5.19. The first-order chi connectivity index (χ1) is 12.3. The molecule has 1 aromatic heterocycles. The van der Waals surface area contributed by atoms with Gasteiger partial charge in [-0.1, -0.05) is 25.3 Å². The summed E-state index contributed by atoms with van der Waals surface area (Å²) in [4.78, 5) is 21.0. The molecule has 138 valence electrons. The number of halogens is 1. The van der Waals surface area contributed by atoms with Gasteiger partial charge < -0.3 is 10.2 Å². The lowest BCUT2D eigenvalue weighted by molar-refractivity contribution is -0.125. The Balaban J connectivity index is 1.37. The molecule has 1 saturated heterocycles. The summed E-state index contributed by atoms with van der Waals surface area (Å²) in [6.45, 7) is 5.25. The normalized spacial score (nSPS) is 19.8. The molecule has 25 heavy (non-hydrogen) atoms. The molecule has 2 heterocycles. The van der Waals surface area contributed by atoms with Crippen LogP contribution in [0, 0.1) is 5.92 Å². The fraction of sp³-hybridized carbons (Fsp3) is 0.667. The molecule has 1 saturated carbocycles. The zero-order chi connectivity index (χ0) is 17.5. The van der Waals surface area contributed by atoms with E-state index < -0.39 is 0 Å². The molecule has 3 rings (SSSR count). The van der Waals surface area contributed by atoms with Crippen LogP contribution in [0.1, 0.15) is 32.1 Å². The SMILES string of the molecule is O=C(NCCN1CCN(c2cccc(SF)n2)CC1)C1CCCCC1. The lowest BCUT2D eigenvalue weighted by Crippen LogP contribution is -2.49. The topological polar surface area (TPSA) is 48.5 Å². The Morgan fingerprint density at radius 3 is 2.68 bits per heavy atom. The van der Waals surface area contributed by atoms with Gasteiger partial charge in [-0.05, 0) is 25.0 Å². The Bertz CT molecular complexity index is 560. The van der Waals surface area contributed by atoms with Gasteiger partial charge in [-0.15, -0.1) is 0 Å². The second-order valence-electron chi connectivity index (χ2n) is 6.87. The maximum Gasteiger partial charge on any atom is 0.223 e. The molecule has 1 N–H and O–H groups in total. The fourth-order valence-electron chi connectivity index (χ4n) is 3.67. The van der Waals surface area contributed by atoms with Gasteiger partial charge in [-0.25, -0.2) is 4.98 Å². The summed E-state index contributed by atoms with van der Waals surface area (Å²) in [7, 11) is 0. The molecule has 0 atom stereocenters. The predicted octanol–water partition coefficient (Wildman–Crippen LogP) is 2.88. The van der Waals surface area contributed by atoms with Gasteiger partial charge in [0.15, 0.2) is 0 Å². The van der Waals surface area contributed by atoms with E-state index in [0.29, 0.717) is 5.03 Å². The van der Waals surface area contributed by atoms with Gasteiger partial charge in [0.25, 0.3) is 0 Å². The highest BCUT2D eigenvalue weighted by Crippen LogP contribution is 2.23. The van der Waals surface area contributed by atoms with Crippen LogP contribution in [0.25, 0.3) is 0 Å². The van der Waals surface area contributed by atoms with Crippen molar-refractivity contribution in [2.75, 3.05) is 44.2 Å². The zero-order valence-electron chi connectivity index (χ0n) is 14.6. The maximum absolute atomic E-state index is 12.7. The van der Waals surface area contributed by atoms with E-state index in [1.807, 2.05) is 12.1 Å². The van der Waals surface area contributed by atoms with E-state index >= 15 is 0 Å². The van der Waals surface area contributed by atoms with Gasteiger partial charge in [0.05, 0.1) is 0 Å². The van der Waals surface area contributed by atoms with E-state index in [4.69, 9.17) is 0 Å². The van der Waals surface area contributed by atoms with Crippen LogP contribution in [0.5, 0.6) is 0 Å². The number of aromatic nitrogens is 1. The third-order valence-corrected chi connectivity index (χ3v) is 5.57. The molecule has 5 nitrogen and oxygen atoms in total. The number of pyridine rings is 1. The number of piperazine rings is 1. The number of carbonyl (C=O) groups is 1. The summed E-state index contributed by atoms with van der Waals surface area (Å²) in [5.41, 5.74) is 0. The summed E-state index contributed by atoms with van der Waals surface area (Å²) in [6.07, 6.45) is 5.75. The number of carbonyl (C=O) groups excluding carboxylic acids is 1. The first-order valence-corrected chi connectivity index (χ1v) is 9.98. The summed E-state index contributed by atoms with van der Waals surface area (Å²) >= 11 is 0.185. The maximum atomic E-state index is 12.7. The van der Waals surface area contributed by atoms with Crippen LogP contribution in [0.4, 0.5) is 9.70 Å². The van der Waals surface area contributed by atoms with Gasteiger partial charge >= 0.3 is 0 Å². The van der Waals surface area contributed by atoms with Crippen molar-refractivity contribution in [1.82, 2.24) is 15.2 Å². The molecule has 0 radical (unpaired) electrons. The number of hydrogen-bond donors (Lipinski definition) is 1. The first kappa shape index (κ1) is 18.5. The van der Waals surface area contributed by atoms with Gasteiger partial charge in [0.2, 0.25) is 5.91 Å². The highest BCUT2D eigenvalue weighted by molar-refractivity contribution is 7.94. The fourth-order valence-corrected chi connectivity index (χ4v) is 3.93. The summed E-state index contributed by atoms with van der Waals surface area (Å²) in [5, 5.41) is 3.51. The molecule has 0 unspecified atom stereocenters. The quantitative estimate of drug-likeness (QED) is 0.839. The minimum atomic E-state index is 0.185. The Hall–Kier alpha value is -1.34. The van der Waals surface area contributed by atoms with E-state index in [0.717, 1.165) is 57.9 Å². The lowest BCUT2D eigenvalue weighted by atomic mass is 9.89. The number of nitrogens with zero attached hydrogens (tertiary/aromatic N) is 3. The molecular weight excluding hydrogens is 339 g/mol. The minimum absolute atomic E-state index is 0.185. The van der Waals surface area contributed by atoms with Crippen molar-refractivity contribution in [2.45, 2.75) is 37.1 Å². The van der Waals surface area contributed by atoms with E-state index in [1.165, 1.54) is 19.3 Å². The molecule has 1 aromatic rings. The second-order valence-corrected chi connectivity index (χ2v) is 7.44. The highest BCUT2D eigenvalue weighted by atomic mass is 32.2. The zero-order valence-corrected chi connectivity index (χ0v) is 15.4. The molecule has 2 fully saturated rings. The molecule has 0 bridgehead atoms. The van der Waals surface area contributed by atoms with E-state index in [9.17, 15) is 8.68 Å². The molecule has 7 heteroatoms. The minimum Gasteiger partial charge on any atom is -0.355 e. The number of nitrogens with one attached hydrogen (secondary N) is 1. The summed E-state index contributed by atoms with van der Waals surface area (Å²) in [5.74, 6) is 1.31. The van der Waals surface area contributed by atoms with E-state index in [1.54, 1.807) is 6.07 Å². The van der Waals surface area contributed by atoms with Crippen molar-refractivity contribution in [3.63, 3.8) is 0 Å². The number of anilines is 1. The van der Waals surface area contributed by atoms with Crippen LogP contribution in [0.15, 0.2) is 23.2 Å². The molecule has 1 aliphatic heterocycles. The smallest absolute Gasteiger partial charge is 0.223 e. The Morgan fingerprint density at radius 1 is 1.20 bits per heavy atom. The number of amides is 1. The second kappa shape index (κ2) is 9.38. The average molecular weight is 367 g/mol. The predicted molar refractivity (Wildman–Crippen MR) is 99.4 cm³/mol. The van der Waals surface area contributed by atoms with Gasteiger partial charge in [0, 0.05) is 45.2 Å². The van der Waals surface area contributed by atoms with Crippen molar-refractivity contribution in [3.05, 3.63) is 18.2 Å². The Kier molecular flexibility index (Phi) is 6.93. The van der Waals surface area contributed by atoms with Crippen molar-refractivity contribution < 1.29 is 8.68 Å². The Labute approximate surface area is 153 Å². The van der Waals surface area contributed by atoms with Gasteiger partial charge in [-0.2, -0.15) is 3.89 Å². The number of rotatable bonds is 6. The highest BCUT2D eigenvalue weighted by Gasteiger charge is 2.21. The van der Waals surface area contributed by atoms with Crippen molar-refractivity contribution in [2.24, 2.45) is 5.92 Å². The largest absolute Gasteiger partial charge is 0.355 e.